The van der Waals surface area contributed by atoms with Gasteiger partial charge in [0.15, 0.2) is 0 Å². The number of halogens is 1. The Morgan fingerprint density at radius 2 is 2.12 bits per heavy atom. The van der Waals surface area contributed by atoms with Gasteiger partial charge in [0.1, 0.15) is 0 Å². The van der Waals surface area contributed by atoms with E-state index in [2.05, 4.69) is 17.6 Å². The van der Waals surface area contributed by atoms with E-state index in [-0.39, 0.29) is 24.4 Å². The molecule has 94 valence electrons. The Labute approximate surface area is 108 Å². The molecule has 0 bridgehead atoms. The highest BCUT2D eigenvalue weighted by Gasteiger charge is 2.14. The lowest BCUT2D eigenvalue weighted by Crippen LogP contribution is -2.31. The lowest BCUT2D eigenvalue weighted by molar-refractivity contribution is 0.0939. The quantitative estimate of drug-likeness (QED) is 0.869. The number of amides is 1. The Morgan fingerprint density at radius 1 is 1.41 bits per heavy atom. The summed E-state index contributed by atoms with van der Waals surface area (Å²) in [6.45, 7) is 5.88. The van der Waals surface area contributed by atoms with E-state index in [1.165, 1.54) is 11.1 Å². The molecule has 1 aromatic carbocycles. The fourth-order valence-electron chi connectivity index (χ4n) is 1.85. The number of carbonyl (C=O) groups excluding carboxylic acids is 1. The molecule has 1 heterocycles. The minimum Gasteiger partial charge on any atom is -0.350 e. The molecule has 1 atom stereocenters. The van der Waals surface area contributed by atoms with Crippen LogP contribution in [0.2, 0.25) is 0 Å². The van der Waals surface area contributed by atoms with Crippen LogP contribution in [0.25, 0.3) is 0 Å². The van der Waals surface area contributed by atoms with Crippen molar-refractivity contribution >= 4 is 18.3 Å². The fraction of sp³-hybridized carbons (Fsp3) is 0.462. The maximum atomic E-state index is 11.9. The lowest BCUT2D eigenvalue weighted by atomic mass is 10.1. The monoisotopic (exact) mass is 254 g/mol. The molecule has 0 radical (unpaired) electrons. The molecule has 1 amide bonds. The van der Waals surface area contributed by atoms with E-state index < -0.39 is 0 Å². The third-order valence-electron chi connectivity index (χ3n) is 3.09. The molecule has 3 nitrogen and oxygen atoms in total. The van der Waals surface area contributed by atoms with Crippen LogP contribution in [0.5, 0.6) is 0 Å². The molecule has 1 aliphatic rings. The maximum absolute atomic E-state index is 11.9. The van der Waals surface area contributed by atoms with E-state index in [9.17, 15) is 4.79 Å². The molecule has 0 spiro atoms. The zero-order chi connectivity index (χ0) is 11.5. The fourth-order valence-corrected chi connectivity index (χ4v) is 1.85. The van der Waals surface area contributed by atoms with Crippen molar-refractivity contribution in [2.24, 2.45) is 0 Å². The van der Waals surface area contributed by atoms with Crippen LogP contribution < -0.4 is 10.6 Å². The summed E-state index contributed by atoms with van der Waals surface area (Å²) >= 11 is 0. The van der Waals surface area contributed by atoms with Crippen molar-refractivity contribution in [3.63, 3.8) is 0 Å². The summed E-state index contributed by atoms with van der Waals surface area (Å²) in [5, 5.41) is 6.25. The summed E-state index contributed by atoms with van der Waals surface area (Å²) in [5.74, 6) is 0.0315. The Balaban J connectivity index is 0.00000144. The van der Waals surface area contributed by atoms with E-state index in [1.807, 2.05) is 25.1 Å². The third kappa shape index (κ3) is 3.20. The van der Waals surface area contributed by atoms with Crippen molar-refractivity contribution in [2.75, 3.05) is 0 Å². The summed E-state index contributed by atoms with van der Waals surface area (Å²) in [4.78, 5) is 11.9. The molecule has 0 fully saturated rings. The van der Waals surface area contributed by atoms with Crippen LogP contribution in [0.4, 0.5) is 0 Å². The molecule has 0 saturated carbocycles. The lowest BCUT2D eigenvalue weighted by Gasteiger charge is -2.11. The number of hydrogen-bond donors (Lipinski definition) is 2. The zero-order valence-corrected chi connectivity index (χ0v) is 11.1. The first-order valence-electron chi connectivity index (χ1n) is 5.84. The number of hydrogen-bond acceptors (Lipinski definition) is 2. The van der Waals surface area contributed by atoms with Crippen LogP contribution in [-0.4, -0.2) is 11.9 Å². The van der Waals surface area contributed by atoms with E-state index in [1.54, 1.807) is 0 Å². The summed E-state index contributed by atoms with van der Waals surface area (Å²) in [7, 11) is 0. The van der Waals surface area contributed by atoms with E-state index in [4.69, 9.17) is 0 Å². The third-order valence-corrected chi connectivity index (χ3v) is 3.09. The summed E-state index contributed by atoms with van der Waals surface area (Å²) in [6.07, 6.45) is 0.957. The van der Waals surface area contributed by atoms with Gasteiger partial charge in [-0.05, 0) is 36.6 Å². The van der Waals surface area contributed by atoms with Crippen molar-refractivity contribution in [1.82, 2.24) is 10.6 Å². The first kappa shape index (κ1) is 14.0. The van der Waals surface area contributed by atoms with Crippen LogP contribution in [-0.2, 0) is 13.1 Å². The highest BCUT2D eigenvalue weighted by molar-refractivity contribution is 5.94. The van der Waals surface area contributed by atoms with Crippen molar-refractivity contribution in [2.45, 2.75) is 39.4 Å². The number of rotatable bonds is 3. The zero-order valence-electron chi connectivity index (χ0n) is 10.2. The van der Waals surface area contributed by atoms with Gasteiger partial charge in [0.2, 0.25) is 0 Å². The number of carbonyl (C=O) groups is 1. The number of benzene rings is 1. The molecule has 0 saturated heterocycles. The predicted molar refractivity (Wildman–Crippen MR) is 71.5 cm³/mol. The second-order valence-electron chi connectivity index (χ2n) is 4.37. The van der Waals surface area contributed by atoms with Crippen LogP contribution in [0.15, 0.2) is 18.2 Å². The van der Waals surface area contributed by atoms with Gasteiger partial charge in [0.25, 0.3) is 5.91 Å². The Kier molecular flexibility index (Phi) is 4.97. The van der Waals surface area contributed by atoms with Gasteiger partial charge in [-0.1, -0.05) is 13.0 Å². The van der Waals surface area contributed by atoms with Crippen LogP contribution in [0, 0.1) is 0 Å². The first-order chi connectivity index (χ1) is 7.70. The standard InChI is InChI=1S/C13H18N2O.ClH/c1-3-9(2)15-13(16)10-4-5-11-7-14-8-12(11)6-10;/h4-6,9,14H,3,7-8H2,1-2H3,(H,15,16);1H. The van der Waals surface area contributed by atoms with Crippen molar-refractivity contribution < 1.29 is 4.79 Å². The van der Waals surface area contributed by atoms with Gasteiger partial charge >= 0.3 is 0 Å². The van der Waals surface area contributed by atoms with Gasteiger partial charge in [-0.2, -0.15) is 0 Å². The molecule has 0 aliphatic carbocycles. The van der Waals surface area contributed by atoms with Gasteiger partial charge in [-0.25, -0.2) is 0 Å². The minimum absolute atomic E-state index is 0. The molecule has 1 aliphatic heterocycles. The molecular weight excluding hydrogens is 236 g/mol. The van der Waals surface area contributed by atoms with Crippen molar-refractivity contribution in [3.8, 4) is 0 Å². The SMILES string of the molecule is CCC(C)NC(=O)c1ccc2c(c1)CNC2.Cl. The van der Waals surface area contributed by atoms with Gasteiger partial charge in [-0.15, -0.1) is 12.4 Å². The number of fused-ring (bicyclic) bond motifs is 1. The van der Waals surface area contributed by atoms with Gasteiger partial charge in [0, 0.05) is 24.7 Å². The van der Waals surface area contributed by atoms with E-state index in [0.717, 1.165) is 25.1 Å². The summed E-state index contributed by atoms with van der Waals surface area (Å²) in [6, 6.07) is 6.18. The minimum atomic E-state index is 0. The maximum Gasteiger partial charge on any atom is 0.251 e. The summed E-state index contributed by atoms with van der Waals surface area (Å²) in [5.41, 5.74) is 3.32. The van der Waals surface area contributed by atoms with Crippen molar-refractivity contribution in [3.05, 3.63) is 34.9 Å². The highest BCUT2D eigenvalue weighted by atomic mass is 35.5. The van der Waals surface area contributed by atoms with Crippen LogP contribution in [0.1, 0.15) is 41.8 Å². The summed E-state index contributed by atoms with van der Waals surface area (Å²) < 4.78 is 0. The molecule has 17 heavy (non-hydrogen) atoms. The Morgan fingerprint density at radius 3 is 2.82 bits per heavy atom. The Bertz CT molecular complexity index is 406. The average molecular weight is 255 g/mol. The second-order valence-corrected chi connectivity index (χ2v) is 4.37. The highest BCUT2D eigenvalue weighted by Crippen LogP contribution is 2.17. The second kappa shape index (κ2) is 6.03. The molecule has 1 aromatic rings. The molecule has 4 heteroatoms. The van der Waals surface area contributed by atoms with E-state index in [0.29, 0.717) is 0 Å². The van der Waals surface area contributed by atoms with E-state index >= 15 is 0 Å². The van der Waals surface area contributed by atoms with Crippen molar-refractivity contribution in [1.29, 1.82) is 0 Å². The molecule has 2 rings (SSSR count). The predicted octanol–water partition coefficient (Wildman–Crippen LogP) is 2.24. The molecule has 2 N–H and O–H groups in total. The van der Waals surface area contributed by atoms with Gasteiger partial charge < -0.3 is 10.6 Å². The number of nitrogens with one attached hydrogen (secondary N) is 2. The smallest absolute Gasteiger partial charge is 0.251 e. The van der Waals surface area contributed by atoms with Gasteiger partial charge in [-0.3, -0.25) is 4.79 Å². The van der Waals surface area contributed by atoms with Crippen LogP contribution in [0.3, 0.4) is 0 Å². The topological polar surface area (TPSA) is 41.1 Å². The molecular formula is C13H19ClN2O. The average Bonchev–Trinajstić information content (AvgIpc) is 2.75. The Hall–Kier alpha value is -1.06. The normalized spacial score (nSPS) is 14.7. The van der Waals surface area contributed by atoms with Gasteiger partial charge in [0.05, 0.1) is 0 Å². The van der Waals surface area contributed by atoms with Crippen LogP contribution >= 0.6 is 12.4 Å². The molecule has 0 aromatic heterocycles. The largest absolute Gasteiger partial charge is 0.350 e. The first-order valence-corrected chi connectivity index (χ1v) is 5.84. The molecule has 1 unspecified atom stereocenters.